The average molecular weight is 959 g/mol. The molecule has 0 saturated carbocycles. The number of rotatable bonds is 11. The maximum absolute atomic E-state index is 12.2. The number of nitrogens with one attached hydrogen (secondary N) is 1. The van der Waals surface area contributed by atoms with Crippen molar-refractivity contribution in [2.75, 3.05) is 18.7 Å². The van der Waals surface area contributed by atoms with Crippen LogP contribution in [0.4, 0.5) is 22.7 Å². The van der Waals surface area contributed by atoms with E-state index in [-0.39, 0.29) is 123 Å². The first-order valence-electron chi connectivity index (χ1n) is 16.4. The minimum atomic E-state index is -5.27. The Kier molecular flexibility index (Phi) is 20.8. The van der Waals surface area contributed by atoms with Gasteiger partial charge in [-0.25, -0.2) is 30.0 Å². The van der Waals surface area contributed by atoms with Gasteiger partial charge in [-0.1, -0.05) is 71.7 Å². The first kappa shape index (κ1) is 54.9. The van der Waals surface area contributed by atoms with Gasteiger partial charge in [0.05, 0.1) is 47.4 Å². The minimum absolute atomic E-state index is 0. The molecule has 6 aromatic carbocycles. The number of fused-ring (bicyclic) bond motifs is 2. The maximum Gasteiger partial charge on any atom is 1.00 e. The molecule has 0 amide bonds. The van der Waals surface area contributed by atoms with Crippen molar-refractivity contribution >= 4 is 104 Å². The van der Waals surface area contributed by atoms with Crippen molar-refractivity contribution in [1.29, 1.82) is 0 Å². The molecule has 304 valence electrons. The van der Waals surface area contributed by atoms with Gasteiger partial charge in [-0.05, 0) is 73.3 Å². The van der Waals surface area contributed by atoms with Gasteiger partial charge < -0.3 is 33.6 Å². The van der Waals surface area contributed by atoms with Crippen LogP contribution in [0.25, 0.3) is 21.5 Å². The van der Waals surface area contributed by atoms with Crippen molar-refractivity contribution in [2.24, 2.45) is 10.2 Å². The fourth-order valence-electron chi connectivity index (χ4n) is 5.37. The van der Waals surface area contributed by atoms with Crippen LogP contribution < -0.4 is 94.0 Å². The third-order valence-corrected chi connectivity index (χ3v) is 11.5. The third-order valence-electron chi connectivity index (χ3n) is 8.14. The molecule has 0 atom stereocenters. The van der Waals surface area contributed by atoms with Crippen LogP contribution in [0, 0.1) is 6.92 Å². The monoisotopic (exact) mass is 957 g/mol. The summed E-state index contributed by atoms with van der Waals surface area (Å²) < 4.78 is 114. The van der Waals surface area contributed by atoms with Crippen molar-refractivity contribution in [3.05, 3.63) is 118 Å². The summed E-state index contributed by atoms with van der Waals surface area (Å²) in [5, 5.41) is 22.3. The molecule has 0 radical (unpaired) electrons. The number of phenols is 1. The third kappa shape index (κ3) is 13.6. The van der Waals surface area contributed by atoms with Gasteiger partial charge in [0.25, 0.3) is 0 Å². The molecule has 24 heteroatoms. The molecule has 0 heterocycles. The van der Waals surface area contributed by atoms with Crippen LogP contribution in [-0.2, 0) is 39.8 Å². The molecule has 0 aliphatic heterocycles. The zero-order chi connectivity index (χ0) is 42.6. The fourth-order valence-corrected chi connectivity index (χ4v) is 7.63. The number of para-hydroxylation sites is 1. The van der Waals surface area contributed by atoms with Crippen molar-refractivity contribution in [1.82, 2.24) is 0 Å². The van der Waals surface area contributed by atoms with E-state index in [1.165, 1.54) is 24.3 Å². The zero-order valence-corrected chi connectivity index (χ0v) is 42.8. The molecule has 0 fully saturated rings. The second kappa shape index (κ2) is 23.1. The molecule has 0 saturated heterocycles. The average Bonchev–Trinajstić information content (AvgIpc) is 3.16. The molecule has 0 unspecified atom stereocenters. The number of phenolic OH excluding ortho intramolecular Hbond substituents is 1. The van der Waals surface area contributed by atoms with Gasteiger partial charge >= 0.3 is 94.6 Å². The number of ether oxygens (including phenoxy) is 2. The number of carbonyl (C=O) groups excluding carboxylic acids is 1. The Bertz CT molecular complexity index is 2960. The SMILES string of the molecule is CCOCOC(=O)c1ccccc1Nc1c(Cl)ccc(C)c1Cl.O=S(=O)([O-])c1ccc2c(N=Nc3ccc(S(=O)(=O)[O-])c4ccccc34)c(O)c(S(=O)(=O)[O-])cc2c1.[Na+].[Na+].[Na+]. The summed E-state index contributed by atoms with van der Waals surface area (Å²) in [5.74, 6) is -1.56. The van der Waals surface area contributed by atoms with E-state index in [1.807, 2.05) is 19.9 Å². The first-order valence-corrected chi connectivity index (χ1v) is 21.4. The van der Waals surface area contributed by atoms with Gasteiger partial charge in [-0.15, -0.1) is 10.2 Å². The van der Waals surface area contributed by atoms with Gasteiger partial charge in [-0.2, -0.15) is 0 Å². The Balaban J connectivity index is 0.000000433. The number of carbonyl (C=O) groups is 1. The Morgan fingerprint density at radius 2 is 1.36 bits per heavy atom. The van der Waals surface area contributed by atoms with Crippen LogP contribution in [0.3, 0.4) is 0 Å². The van der Waals surface area contributed by atoms with Crippen LogP contribution >= 0.6 is 23.2 Å². The van der Waals surface area contributed by atoms with Gasteiger partial charge in [0.1, 0.15) is 36.0 Å². The van der Waals surface area contributed by atoms with Crippen molar-refractivity contribution in [3.8, 4) is 5.75 Å². The number of halogens is 2. The molecular formula is C37H28Cl2N3Na3O13S3. The predicted molar refractivity (Wildman–Crippen MR) is 210 cm³/mol. The van der Waals surface area contributed by atoms with Crippen molar-refractivity contribution < 1.29 is 147 Å². The van der Waals surface area contributed by atoms with E-state index in [2.05, 4.69) is 15.5 Å². The second-order valence-electron chi connectivity index (χ2n) is 11.9. The van der Waals surface area contributed by atoms with E-state index in [0.717, 1.165) is 35.9 Å². The second-order valence-corrected chi connectivity index (χ2v) is 16.8. The Morgan fingerprint density at radius 3 is 1.98 bits per heavy atom. The molecule has 6 aromatic rings. The molecule has 61 heavy (non-hydrogen) atoms. The van der Waals surface area contributed by atoms with E-state index >= 15 is 0 Å². The quantitative estimate of drug-likeness (QED) is 0.0396. The first-order chi connectivity index (χ1) is 27.2. The number of aryl methyl sites for hydroxylation is 1. The minimum Gasteiger partial charge on any atom is -0.744 e. The smallest absolute Gasteiger partial charge is 0.744 e. The van der Waals surface area contributed by atoms with Crippen molar-refractivity contribution in [3.63, 3.8) is 0 Å². The molecule has 0 spiro atoms. The summed E-state index contributed by atoms with van der Waals surface area (Å²) in [6.07, 6.45) is 0. The van der Waals surface area contributed by atoms with E-state index in [4.69, 9.17) is 32.7 Å². The number of aromatic hydroxyl groups is 1. The number of esters is 1. The molecule has 0 aliphatic carbocycles. The summed E-state index contributed by atoms with van der Waals surface area (Å²) in [6.45, 7) is 4.09. The predicted octanol–water partition coefficient (Wildman–Crippen LogP) is -0.965. The summed E-state index contributed by atoms with van der Waals surface area (Å²) in [7, 11) is -15.0. The van der Waals surface area contributed by atoms with E-state index in [0.29, 0.717) is 39.7 Å². The van der Waals surface area contributed by atoms with Crippen LogP contribution in [0.15, 0.2) is 122 Å². The van der Waals surface area contributed by atoms with Gasteiger partial charge in [-0.3, -0.25) is 0 Å². The fraction of sp³-hybridized carbons (Fsp3) is 0.108. The number of nitrogens with zero attached hydrogens (tertiary/aromatic N) is 2. The summed E-state index contributed by atoms with van der Waals surface area (Å²) >= 11 is 12.5. The molecule has 2 N–H and O–H groups in total. The Hall–Kier alpha value is -2.22. The van der Waals surface area contributed by atoms with E-state index in [1.54, 1.807) is 30.3 Å². The van der Waals surface area contributed by atoms with Gasteiger partial charge in [0.2, 0.25) is 0 Å². The molecule has 6 rings (SSSR count). The normalized spacial score (nSPS) is 11.5. The molecule has 0 bridgehead atoms. The number of azo groups is 1. The summed E-state index contributed by atoms with van der Waals surface area (Å²) in [6, 6.07) is 22.0. The van der Waals surface area contributed by atoms with E-state index in [9.17, 15) is 48.8 Å². The van der Waals surface area contributed by atoms with Crippen LogP contribution in [0.1, 0.15) is 22.8 Å². The zero-order valence-electron chi connectivity index (χ0n) is 32.9. The number of hydrogen-bond donors (Lipinski definition) is 2. The van der Waals surface area contributed by atoms with Gasteiger partial charge in [0.15, 0.2) is 12.5 Å². The number of hydrogen-bond acceptors (Lipinski definition) is 16. The number of benzene rings is 6. The van der Waals surface area contributed by atoms with Gasteiger partial charge in [0, 0.05) is 22.8 Å². The molecular weight excluding hydrogens is 930 g/mol. The van der Waals surface area contributed by atoms with Crippen LogP contribution in [0.2, 0.25) is 10.0 Å². The summed E-state index contributed by atoms with van der Waals surface area (Å²) in [4.78, 5) is 9.81. The largest absolute Gasteiger partial charge is 1.00 e. The Morgan fingerprint density at radius 1 is 0.738 bits per heavy atom. The topological polar surface area (TPSA) is 264 Å². The molecule has 0 aliphatic rings. The van der Waals surface area contributed by atoms with Crippen molar-refractivity contribution in [2.45, 2.75) is 28.5 Å². The molecule has 0 aromatic heterocycles. The standard InChI is InChI=1S/C20H14N2O10S3.C17H17Cl2NO3.3Na/c23-20-18(35(30,31)32)10-11-9-12(33(24,25)26)5-6-13(11)19(20)22-21-16-7-8-17(34(27,28)29)15-4-2-1-3-14(15)16;1-3-22-10-23-17(21)12-6-4-5-7-14(12)20-16-13(18)9-8-11(2)15(16)19;;;/h1-10,23H,(H,24,25,26)(H,27,28,29)(H,30,31,32);4-9,20H,3,10H2,1-2H3;;;/q;;3*+1/p-3. The number of anilines is 2. The maximum atomic E-state index is 12.2. The van der Waals surface area contributed by atoms with Crippen LogP contribution in [-0.4, -0.2) is 63.4 Å². The molecule has 16 nitrogen and oxygen atoms in total. The van der Waals surface area contributed by atoms with Crippen LogP contribution in [0.5, 0.6) is 5.75 Å². The summed E-state index contributed by atoms with van der Waals surface area (Å²) in [5.41, 5.74) is 1.86. The van der Waals surface area contributed by atoms with E-state index < -0.39 is 62.4 Å². The Labute approximate surface area is 427 Å².